The van der Waals surface area contributed by atoms with Crippen LogP contribution in [0.25, 0.3) is 0 Å². The molecule has 1 heterocycles. The van der Waals surface area contributed by atoms with Crippen molar-refractivity contribution in [3.8, 4) is 0 Å². The Morgan fingerprint density at radius 1 is 1.30 bits per heavy atom. The first-order valence-electron chi connectivity index (χ1n) is 7.70. The SMILES string of the molecule is CCCN(C(=O)OCc1ccc(Cl)c(Cl)c1)C1CCNCC1.Cl. The van der Waals surface area contributed by atoms with Gasteiger partial charge in [0.05, 0.1) is 10.0 Å². The van der Waals surface area contributed by atoms with Crippen molar-refractivity contribution in [2.45, 2.75) is 38.8 Å². The summed E-state index contributed by atoms with van der Waals surface area (Å²) in [5.41, 5.74) is 0.838. The molecule has 130 valence electrons. The van der Waals surface area contributed by atoms with Crippen LogP contribution in [0.5, 0.6) is 0 Å². The molecule has 1 N–H and O–H groups in total. The number of amides is 1. The summed E-state index contributed by atoms with van der Waals surface area (Å²) in [5, 5.41) is 4.28. The molecule has 0 aromatic heterocycles. The standard InChI is InChI=1S/C16H22Cl2N2O2.ClH/c1-2-9-20(13-5-7-19-8-6-13)16(21)22-11-12-3-4-14(17)15(18)10-12;/h3-4,10,13,19H,2,5-9,11H2,1H3;1H. The Bertz CT molecular complexity index is 508. The average Bonchev–Trinajstić information content (AvgIpc) is 2.54. The van der Waals surface area contributed by atoms with Gasteiger partial charge in [0.25, 0.3) is 0 Å². The summed E-state index contributed by atoms with van der Waals surface area (Å²) in [7, 11) is 0. The highest BCUT2D eigenvalue weighted by Crippen LogP contribution is 2.23. The lowest BCUT2D eigenvalue weighted by Crippen LogP contribution is -2.46. The second-order valence-electron chi connectivity index (χ2n) is 5.48. The van der Waals surface area contributed by atoms with E-state index < -0.39 is 0 Å². The molecule has 1 saturated heterocycles. The van der Waals surface area contributed by atoms with E-state index >= 15 is 0 Å². The maximum Gasteiger partial charge on any atom is 0.410 e. The zero-order valence-corrected chi connectivity index (χ0v) is 15.5. The first-order valence-corrected chi connectivity index (χ1v) is 8.45. The van der Waals surface area contributed by atoms with Gasteiger partial charge in [0, 0.05) is 12.6 Å². The molecule has 0 saturated carbocycles. The van der Waals surface area contributed by atoms with Crippen LogP contribution >= 0.6 is 35.6 Å². The minimum absolute atomic E-state index is 0. The number of piperidine rings is 1. The third-order valence-corrected chi connectivity index (χ3v) is 4.53. The van der Waals surface area contributed by atoms with Gasteiger partial charge < -0.3 is 15.0 Å². The van der Waals surface area contributed by atoms with Crippen molar-refractivity contribution in [1.29, 1.82) is 0 Å². The summed E-state index contributed by atoms with van der Waals surface area (Å²) in [6.07, 6.45) is 2.62. The zero-order chi connectivity index (χ0) is 15.9. The average molecular weight is 382 g/mol. The van der Waals surface area contributed by atoms with Crippen LogP contribution in [-0.2, 0) is 11.3 Å². The largest absolute Gasteiger partial charge is 0.445 e. The minimum atomic E-state index is -0.250. The van der Waals surface area contributed by atoms with Gasteiger partial charge in [-0.3, -0.25) is 0 Å². The lowest BCUT2D eigenvalue weighted by molar-refractivity contribution is 0.0734. The molecule has 1 aromatic rings. The van der Waals surface area contributed by atoms with Crippen LogP contribution in [0.1, 0.15) is 31.7 Å². The molecular weight excluding hydrogens is 359 g/mol. The summed E-state index contributed by atoms with van der Waals surface area (Å²) in [5.74, 6) is 0. The molecule has 0 unspecified atom stereocenters. The first-order chi connectivity index (χ1) is 10.6. The number of hydrogen-bond acceptors (Lipinski definition) is 3. The summed E-state index contributed by atoms with van der Waals surface area (Å²) in [6, 6.07) is 5.52. The normalized spacial score (nSPS) is 14.9. The minimum Gasteiger partial charge on any atom is -0.445 e. The quantitative estimate of drug-likeness (QED) is 0.815. The highest BCUT2D eigenvalue weighted by molar-refractivity contribution is 6.42. The fourth-order valence-corrected chi connectivity index (χ4v) is 2.96. The molecule has 1 fully saturated rings. The van der Waals surface area contributed by atoms with E-state index in [4.69, 9.17) is 27.9 Å². The highest BCUT2D eigenvalue weighted by Gasteiger charge is 2.25. The molecule has 23 heavy (non-hydrogen) atoms. The van der Waals surface area contributed by atoms with E-state index in [9.17, 15) is 4.79 Å². The van der Waals surface area contributed by atoms with Crippen molar-refractivity contribution in [2.75, 3.05) is 19.6 Å². The third kappa shape index (κ3) is 6.03. The molecule has 4 nitrogen and oxygen atoms in total. The van der Waals surface area contributed by atoms with Crippen LogP contribution in [0.2, 0.25) is 10.0 Å². The van der Waals surface area contributed by atoms with Gasteiger partial charge in [-0.05, 0) is 50.0 Å². The topological polar surface area (TPSA) is 41.6 Å². The van der Waals surface area contributed by atoms with Gasteiger partial charge in [-0.1, -0.05) is 36.2 Å². The second kappa shape index (κ2) is 10.2. The zero-order valence-electron chi connectivity index (χ0n) is 13.2. The van der Waals surface area contributed by atoms with E-state index in [1.807, 2.05) is 11.0 Å². The van der Waals surface area contributed by atoms with Crippen molar-refractivity contribution in [1.82, 2.24) is 10.2 Å². The number of benzene rings is 1. The molecule has 7 heteroatoms. The van der Waals surface area contributed by atoms with Crippen LogP contribution in [-0.4, -0.2) is 36.7 Å². The number of ether oxygens (including phenoxy) is 1. The fraction of sp³-hybridized carbons (Fsp3) is 0.562. The van der Waals surface area contributed by atoms with Crippen LogP contribution < -0.4 is 5.32 Å². The Kier molecular flexibility index (Phi) is 9.07. The summed E-state index contributed by atoms with van der Waals surface area (Å²) < 4.78 is 5.46. The molecule has 2 rings (SSSR count). The van der Waals surface area contributed by atoms with E-state index in [2.05, 4.69) is 12.2 Å². The lowest BCUT2D eigenvalue weighted by Gasteiger charge is -2.33. The van der Waals surface area contributed by atoms with Crippen molar-refractivity contribution in [3.05, 3.63) is 33.8 Å². The van der Waals surface area contributed by atoms with E-state index in [1.165, 1.54) is 0 Å². The van der Waals surface area contributed by atoms with Gasteiger partial charge in [-0.15, -0.1) is 12.4 Å². The van der Waals surface area contributed by atoms with Crippen LogP contribution in [0, 0.1) is 0 Å². The predicted molar refractivity (Wildman–Crippen MR) is 96.8 cm³/mol. The summed E-state index contributed by atoms with van der Waals surface area (Å²) in [4.78, 5) is 14.2. The Balaban J connectivity index is 0.00000264. The van der Waals surface area contributed by atoms with Gasteiger partial charge in [0.2, 0.25) is 0 Å². The summed E-state index contributed by atoms with van der Waals surface area (Å²) in [6.45, 7) is 4.90. The van der Waals surface area contributed by atoms with E-state index in [1.54, 1.807) is 12.1 Å². The number of hydrogen-bond donors (Lipinski definition) is 1. The van der Waals surface area contributed by atoms with Gasteiger partial charge in [0.1, 0.15) is 6.61 Å². The fourth-order valence-electron chi connectivity index (χ4n) is 2.64. The van der Waals surface area contributed by atoms with E-state index in [0.29, 0.717) is 10.0 Å². The summed E-state index contributed by atoms with van der Waals surface area (Å²) >= 11 is 11.9. The van der Waals surface area contributed by atoms with Crippen molar-refractivity contribution in [3.63, 3.8) is 0 Å². The Labute approximate surface area is 153 Å². The number of nitrogens with zero attached hydrogens (tertiary/aromatic N) is 1. The molecule has 1 aliphatic rings. The van der Waals surface area contributed by atoms with Crippen LogP contribution in [0.3, 0.4) is 0 Å². The monoisotopic (exact) mass is 380 g/mol. The molecule has 0 radical (unpaired) electrons. The van der Waals surface area contributed by atoms with Gasteiger partial charge in [0.15, 0.2) is 0 Å². The maximum absolute atomic E-state index is 12.4. The molecule has 0 aliphatic carbocycles. The van der Waals surface area contributed by atoms with Gasteiger partial charge in [-0.2, -0.15) is 0 Å². The van der Waals surface area contributed by atoms with Crippen molar-refractivity contribution >= 4 is 41.7 Å². The van der Waals surface area contributed by atoms with Crippen molar-refractivity contribution < 1.29 is 9.53 Å². The number of carbonyl (C=O) groups is 1. The molecule has 1 amide bonds. The molecule has 0 bridgehead atoms. The third-order valence-electron chi connectivity index (χ3n) is 3.79. The Morgan fingerprint density at radius 2 is 2.00 bits per heavy atom. The molecule has 0 spiro atoms. The van der Waals surface area contributed by atoms with E-state index in [-0.39, 0.29) is 31.1 Å². The number of nitrogens with one attached hydrogen (secondary N) is 1. The second-order valence-corrected chi connectivity index (χ2v) is 6.29. The van der Waals surface area contributed by atoms with Crippen molar-refractivity contribution in [2.24, 2.45) is 0 Å². The van der Waals surface area contributed by atoms with E-state index in [0.717, 1.165) is 44.5 Å². The molecule has 0 atom stereocenters. The molecule has 1 aliphatic heterocycles. The van der Waals surface area contributed by atoms with Gasteiger partial charge in [-0.25, -0.2) is 4.79 Å². The van der Waals surface area contributed by atoms with Gasteiger partial charge >= 0.3 is 6.09 Å². The first kappa shape index (κ1) is 20.4. The maximum atomic E-state index is 12.4. The number of carbonyl (C=O) groups excluding carboxylic acids is 1. The molecular formula is C16H23Cl3N2O2. The highest BCUT2D eigenvalue weighted by atomic mass is 35.5. The Hall–Kier alpha value is -0.680. The smallest absolute Gasteiger partial charge is 0.410 e. The Morgan fingerprint density at radius 3 is 2.61 bits per heavy atom. The lowest BCUT2D eigenvalue weighted by atomic mass is 10.1. The van der Waals surface area contributed by atoms with Crippen LogP contribution in [0.4, 0.5) is 4.79 Å². The number of rotatable bonds is 5. The number of halogens is 3. The molecule has 1 aromatic carbocycles. The predicted octanol–water partition coefficient (Wildman–Crippen LogP) is 4.52. The van der Waals surface area contributed by atoms with Crippen LogP contribution in [0.15, 0.2) is 18.2 Å².